The highest BCUT2D eigenvalue weighted by atomic mass is 16.4. The van der Waals surface area contributed by atoms with Gasteiger partial charge in [0, 0.05) is 19.6 Å². The van der Waals surface area contributed by atoms with Crippen LogP contribution in [-0.2, 0) is 4.79 Å². The van der Waals surface area contributed by atoms with Crippen molar-refractivity contribution in [2.75, 3.05) is 26.7 Å². The van der Waals surface area contributed by atoms with Crippen LogP contribution in [0.1, 0.15) is 33.1 Å². The minimum Gasteiger partial charge on any atom is -0.480 e. The average molecular weight is 271 g/mol. The van der Waals surface area contributed by atoms with Gasteiger partial charge in [0.05, 0.1) is 0 Å². The molecule has 1 rings (SSSR count). The van der Waals surface area contributed by atoms with Gasteiger partial charge in [0.25, 0.3) is 0 Å². The van der Waals surface area contributed by atoms with Gasteiger partial charge in [0.2, 0.25) is 0 Å². The van der Waals surface area contributed by atoms with Crippen molar-refractivity contribution in [1.29, 1.82) is 0 Å². The Bertz CT molecular complexity index is 322. The van der Waals surface area contributed by atoms with E-state index in [1.165, 1.54) is 11.9 Å². The third-order valence-electron chi connectivity index (χ3n) is 3.85. The molecule has 1 heterocycles. The van der Waals surface area contributed by atoms with E-state index in [4.69, 9.17) is 5.11 Å². The molecule has 0 saturated carbocycles. The summed E-state index contributed by atoms with van der Waals surface area (Å²) in [5.74, 6) is -0.962. The smallest absolute Gasteiger partial charge is 0.326 e. The molecule has 1 fully saturated rings. The first kappa shape index (κ1) is 15.8. The maximum absolute atomic E-state index is 11.9. The first-order valence-corrected chi connectivity index (χ1v) is 6.98. The lowest BCUT2D eigenvalue weighted by Gasteiger charge is -2.27. The van der Waals surface area contributed by atoms with Crippen LogP contribution in [0.4, 0.5) is 4.79 Å². The molecule has 0 aromatic carbocycles. The van der Waals surface area contributed by atoms with Gasteiger partial charge in [0.1, 0.15) is 6.04 Å². The summed E-state index contributed by atoms with van der Waals surface area (Å²) in [4.78, 5) is 26.6. The van der Waals surface area contributed by atoms with Crippen LogP contribution < -0.4 is 5.32 Å². The van der Waals surface area contributed by atoms with Crippen LogP contribution in [0, 0.1) is 0 Å². The highest BCUT2D eigenvalue weighted by Gasteiger charge is 2.27. The van der Waals surface area contributed by atoms with Gasteiger partial charge in [-0.3, -0.25) is 4.90 Å². The molecule has 6 heteroatoms. The summed E-state index contributed by atoms with van der Waals surface area (Å²) in [6.07, 6.45) is 2.66. The van der Waals surface area contributed by atoms with Crippen molar-refractivity contribution >= 4 is 12.0 Å². The minimum atomic E-state index is -0.962. The second-order valence-corrected chi connectivity index (χ2v) is 4.98. The number of hydrogen-bond donors (Lipinski definition) is 2. The largest absolute Gasteiger partial charge is 0.480 e. The number of rotatable bonds is 6. The first-order valence-electron chi connectivity index (χ1n) is 6.98. The maximum atomic E-state index is 11.9. The number of aliphatic carboxylic acids is 1. The van der Waals surface area contributed by atoms with Gasteiger partial charge in [0.15, 0.2) is 0 Å². The van der Waals surface area contributed by atoms with E-state index < -0.39 is 12.0 Å². The average Bonchev–Trinajstić information content (AvgIpc) is 2.83. The van der Waals surface area contributed by atoms with Gasteiger partial charge >= 0.3 is 12.0 Å². The number of likely N-dealkylation sites (N-methyl/N-ethyl adjacent to an activating group) is 2. The third-order valence-corrected chi connectivity index (χ3v) is 3.85. The number of nitrogens with zero attached hydrogens (tertiary/aromatic N) is 2. The summed E-state index contributed by atoms with van der Waals surface area (Å²) in [6.45, 7) is 6.54. The lowest BCUT2D eigenvalue weighted by molar-refractivity contribution is -0.141. The van der Waals surface area contributed by atoms with Crippen LogP contribution in [0.2, 0.25) is 0 Å². The van der Waals surface area contributed by atoms with Crippen LogP contribution >= 0.6 is 0 Å². The highest BCUT2D eigenvalue weighted by molar-refractivity contribution is 5.82. The van der Waals surface area contributed by atoms with E-state index in [0.717, 1.165) is 25.9 Å². The van der Waals surface area contributed by atoms with Crippen LogP contribution in [-0.4, -0.2) is 65.7 Å². The number of carboxylic acid groups (broad SMARTS) is 1. The van der Waals surface area contributed by atoms with Gasteiger partial charge in [-0.2, -0.15) is 0 Å². The van der Waals surface area contributed by atoms with E-state index in [-0.39, 0.29) is 6.03 Å². The molecule has 0 aromatic rings. The predicted octanol–water partition coefficient (Wildman–Crippen LogP) is 0.975. The van der Waals surface area contributed by atoms with E-state index >= 15 is 0 Å². The Labute approximate surface area is 114 Å². The van der Waals surface area contributed by atoms with Gasteiger partial charge in [-0.1, -0.05) is 13.8 Å². The summed E-state index contributed by atoms with van der Waals surface area (Å²) >= 11 is 0. The number of hydrogen-bond acceptors (Lipinski definition) is 3. The summed E-state index contributed by atoms with van der Waals surface area (Å²) < 4.78 is 0. The number of carbonyl (C=O) groups excluding carboxylic acids is 1. The van der Waals surface area contributed by atoms with E-state index in [2.05, 4.69) is 17.1 Å². The van der Waals surface area contributed by atoms with Gasteiger partial charge < -0.3 is 15.3 Å². The molecule has 0 radical (unpaired) electrons. The van der Waals surface area contributed by atoms with Gasteiger partial charge in [-0.15, -0.1) is 0 Å². The fraction of sp³-hybridized carbons (Fsp3) is 0.846. The molecule has 110 valence electrons. The molecule has 1 aliphatic heterocycles. The molecule has 0 aliphatic carbocycles. The Kier molecular flexibility index (Phi) is 6.08. The molecule has 2 N–H and O–H groups in total. The van der Waals surface area contributed by atoms with Crippen molar-refractivity contribution in [2.24, 2.45) is 0 Å². The van der Waals surface area contributed by atoms with Crippen LogP contribution in [0.25, 0.3) is 0 Å². The molecule has 1 aliphatic rings. The Balaban J connectivity index is 2.44. The van der Waals surface area contributed by atoms with Crippen molar-refractivity contribution < 1.29 is 14.7 Å². The molecule has 1 saturated heterocycles. The third kappa shape index (κ3) is 4.09. The Morgan fingerprint density at radius 2 is 2.16 bits per heavy atom. The van der Waals surface area contributed by atoms with Crippen molar-refractivity contribution in [3.8, 4) is 0 Å². The molecule has 19 heavy (non-hydrogen) atoms. The molecular weight excluding hydrogens is 246 g/mol. The lowest BCUT2D eigenvalue weighted by atomic mass is 10.2. The lowest BCUT2D eigenvalue weighted by Crippen LogP contribution is -2.49. The fourth-order valence-electron chi connectivity index (χ4n) is 2.63. The Hall–Kier alpha value is -1.30. The van der Waals surface area contributed by atoms with E-state index in [9.17, 15) is 9.59 Å². The second kappa shape index (κ2) is 7.33. The second-order valence-electron chi connectivity index (χ2n) is 4.98. The predicted molar refractivity (Wildman–Crippen MR) is 73.1 cm³/mol. The number of carboxylic acids is 1. The number of nitrogens with one attached hydrogen (secondary N) is 1. The maximum Gasteiger partial charge on any atom is 0.326 e. The molecule has 0 spiro atoms. The first-order chi connectivity index (χ1) is 9.01. The number of amides is 2. The van der Waals surface area contributed by atoms with Crippen LogP contribution in [0.15, 0.2) is 0 Å². The van der Waals surface area contributed by atoms with E-state index in [1.807, 2.05) is 0 Å². The molecule has 6 nitrogen and oxygen atoms in total. The Morgan fingerprint density at radius 3 is 2.68 bits per heavy atom. The zero-order chi connectivity index (χ0) is 14.4. The zero-order valence-corrected chi connectivity index (χ0v) is 12.1. The van der Waals surface area contributed by atoms with Crippen molar-refractivity contribution in [1.82, 2.24) is 15.1 Å². The summed E-state index contributed by atoms with van der Waals surface area (Å²) in [5.41, 5.74) is 0. The molecule has 0 aromatic heterocycles. The highest BCUT2D eigenvalue weighted by Crippen LogP contribution is 2.15. The van der Waals surface area contributed by atoms with Crippen molar-refractivity contribution in [2.45, 2.75) is 45.2 Å². The van der Waals surface area contributed by atoms with Crippen molar-refractivity contribution in [3.63, 3.8) is 0 Å². The molecule has 2 amide bonds. The summed E-state index contributed by atoms with van der Waals surface area (Å²) in [5, 5.41) is 11.9. The summed E-state index contributed by atoms with van der Waals surface area (Å²) in [6, 6.07) is -0.685. The van der Waals surface area contributed by atoms with Crippen LogP contribution in [0.5, 0.6) is 0 Å². The topological polar surface area (TPSA) is 72.9 Å². The Morgan fingerprint density at radius 1 is 1.47 bits per heavy atom. The quantitative estimate of drug-likeness (QED) is 0.755. The fourth-order valence-corrected chi connectivity index (χ4v) is 2.63. The minimum absolute atomic E-state index is 0.308. The van der Waals surface area contributed by atoms with E-state index in [1.54, 1.807) is 6.92 Å². The molecule has 2 unspecified atom stereocenters. The van der Waals surface area contributed by atoms with Gasteiger partial charge in [-0.25, -0.2) is 9.59 Å². The molecular formula is C13H25N3O3. The number of likely N-dealkylation sites (tertiary alicyclic amines) is 1. The number of carbonyl (C=O) groups is 2. The summed E-state index contributed by atoms with van der Waals surface area (Å²) in [7, 11) is 1.53. The number of urea groups is 1. The molecule has 0 bridgehead atoms. The van der Waals surface area contributed by atoms with Crippen LogP contribution in [0.3, 0.4) is 0 Å². The van der Waals surface area contributed by atoms with Crippen molar-refractivity contribution in [3.05, 3.63) is 0 Å². The SMILES string of the molecule is CCC(C(=O)O)N(C)C(=O)NCC1CCCN1CC. The zero-order valence-electron chi connectivity index (χ0n) is 12.1. The van der Waals surface area contributed by atoms with Gasteiger partial charge in [-0.05, 0) is 32.4 Å². The monoisotopic (exact) mass is 271 g/mol. The molecule has 2 atom stereocenters. The van der Waals surface area contributed by atoms with E-state index in [0.29, 0.717) is 19.0 Å². The normalized spacial score (nSPS) is 21.1. The standard InChI is InChI=1S/C13H25N3O3/c1-4-11(12(17)18)15(3)13(19)14-9-10-7-6-8-16(10)5-2/h10-11H,4-9H2,1-3H3,(H,14,19)(H,17,18).